The van der Waals surface area contributed by atoms with Crippen LogP contribution in [0, 0.1) is 6.92 Å². The van der Waals surface area contributed by atoms with Crippen molar-refractivity contribution in [2.75, 3.05) is 19.6 Å². The second-order valence-electron chi connectivity index (χ2n) is 6.81. The molecule has 0 amide bonds. The lowest BCUT2D eigenvalue weighted by Gasteiger charge is -2.28. The van der Waals surface area contributed by atoms with Gasteiger partial charge in [-0.15, -0.1) is 10.2 Å². The van der Waals surface area contributed by atoms with Crippen LogP contribution in [0.25, 0.3) is 0 Å². The maximum atomic E-state index is 10.5. The number of rotatable bonds is 7. The highest BCUT2D eigenvalue weighted by molar-refractivity contribution is 4.96. The van der Waals surface area contributed by atoms with E-state index in [4.69, 9.17) is 8.94 Å². The number of likely N-dealkylation sites (tertiary alicyclic amines) is 1. The predicted octanol–water partition coefficient (Wildman–Crippen LogP) is 0.952. The van der Waals surface area contributed by atoms with E-state index >= 15 is 0 Å². The van der Waals surface area contributed by atoms with Crippen LogP contribution in [0.1, 0.15) is 50.2 Å². The third kappa shape index (κ3) is 4.23. The number of hydrogen-bond donors (Lipinski definition) is 1. The van der Waals surface area contributed by atoms with Crippen LogP contribution in [0.5, 0.6) is 0 Å². The Morgan fingerprint density at radius 1 is 1.32 bits per heavy atom. The molecule has 0 saturated carbocycles. The summed E-state index contributed by atoms with van der Waals surface area (Å²) in [5, 5.41) is 22.4. The average molecular weight is 350 g/mol. The van der Waals surface area contributed by atoms with Gasteiger partial charge in [0.2, 0.25) is 17.7 Å². The summed E-state index contributed by atoms with van der Waals surface area (Å²) in [6.45, 7) is 11.1. The summed E-state index contributed by atoms with van der Waals surface area (Å²) < 4.78 is 10.7. The van der Waals surface area contributed by atoms with Crippen molar-refractivity contribution in [2.45, 2.75) is 58.8 Å². The molecule has 0 spiro atoms. The zero-order valence-corrected chi connectivity index (χ0v) is 15.2. The fourth-order valence-corrected chi connectivity index (χ4v) is 3.14. The van der Waals surface area contributed by atoms with E-state index < -0.39 is 6.10 Å². The minimum absolute atomic E-state index is 0.00803. The molecular weight excluding hydrogens is 324 g/mol. The molecule has 9 heteroatoms. The third-order valence-corrected chi connectivity index (χ3v) is 4.46. The van der Waals surface area contributed by atoms with E-state index in [-0.39, 0.29) is 12.0 Å². The maximum absolute atomic E-state index is 10.5. The van der Waals surface area contributed by atoms with Crippen LogP contribution < -0.4 is 0 Å². The van der Waals surface area contributed by atoms with Gasteiger partial charge in [-0.1, -0.05) is 25.9 Å². The molecule has 1 fully saturated rings. The Bertz CT molecular complexity index is 685. The first-order chi connectivity index (χ1) is 12.0. The molecule has 1 aliphatic heterocycles. The fourth-order valence-electron chi connectivity index (χ4n) is 3.14. The number of likely N-dealkylation sites (N-methyl/N-ethyl adjacent to an activating group) is 1. The monoisotopic (exact) mass is 350 g/mol. The summed E-state index contributed by atoms with van der Waals surface area (Å²) in [6.07, 6.45) is -0.444. The van der Waals surface area contributed by atoms with Gasteiger partial charge in [0.25, 0.3) is 0 Å². The van der Waals surface area contributed by atoms with Crippen molar-refractivity contribution >= 4 is 0 Å². The van der Waals surface area contributed by atoms with Crippen LogP contribution in [0.4, 0.5) is 0 Å². The Balaban J connectivity index is 1.61. The average Bonchev–Trinajstić information content (AvgIpc) is 3.26. The number of hydrogen-bond acceptors (Lipinski definition) is 9. The third-order valence-electron chi connectivity index (χ3n) is 4.46. The van der Waals surface area contributed by atoms with Crippen LogP contribution in [0.2, 0.25) is 0 Å². The van der Waals surface area contributed by atoms with E-state index in [1.54, 1.807) is 6.92 Å². The minimum atomic E-state index is -0.444. The molecule has 0 unspecified atom stereocenters. The lowest BCUT2D eigenvalue weighted by molar-refractivity contribution is 0.0760. The molecule has 1 aliphatic rings. The lowest BCUT2D eigenvalue weighted by Crippen LogP contribution is -2.42. The molecule has 25 heavy (non-hydrogen) atoms. The Morgan fingerprint density at radius 2 is 2.12 bits per heavy atom. The summed E-state index contributed by atoms with van der Waals surface area (Å²) >= 11 is 0. The Morgan fingerprint density at radius 3 is 2.72 bits per heavy atom. The molecule has 3 rings (SSSR count). The summed E-state index contributed by atoms with van der Waals surface area (Å²) in [4.78, 5) is 8.72. The van der Waals surface area contributed by atoms with Gasteiger partial charge in [0.05, 0.1) is 25.2 Å². The first kappa shape index (κ1) is 18.0. The van der Waals surface area contributed by atoms with E-state index in [1.165, 1.54) is 0 Å². The van der Waals surface area contributed by atoms with E-state index in [9.17, 15) is 5.11 Å². The second kappa shape index (κ2) is 7.59. The summed E-state index contributed by atoms with van der Waals surface area (Å²) in [5.41, 5.74) is 0. The number of aryl methyl sites for hydroxylation is 1. The molecule has 138 valence electrons. The van der Waals surface area contributed by atoms with Gasteiger partial charge in [-0.05, 0) is 6.54 Å². The van der Waals surface area contributed by atoms with Crippen molar-refractivity contribution in [3.8, 4) is 0 Å². The number of nitrogens with zero attached hydrogens (tertiary/aromatic N) is 6. The summed E-state index contributed by atoms with van der Waals surface area (Å²) in [5.74, 6) is 2.65. The van der Waals surface area contributed by atoms with Crippen LogP contribution in [0.15, 0.2) is 8.94 Å². The zero-order chi connectivity index (χ0) is 18.0. The van der Waals surface area contributed by atoms with E-state index in [1.807, 2.05) is 13.8 Å². The summed E-state index contributed by atoms with van der Waals surface area (Å²) in [6, 6.07) is 0.00803. The van der Waals surface area contributed by atoms with Crippen LogP contribution >= 0.6 is 0 Å². The zero-order valence-electron chi connectivity index (χ0n) is 15.2. The molecule has 9 nitrogen and oxygen atoms in total. The molecule has 0 aromatic carbocycles. The largest absolute Gasteiger partial charge is 0.424 e. The quantitative estimate of drug-likeness (QED) is 0.781. The van der Waals surface area contributed by atoms with Gasteiger partial charge in [0.15, 0.2) is 5.82 Å². The lowest BCUT2D eigenvalue weighted by atomic mass is 10.2. The first-order valence-corrected chi connectivity index (χ1v) is 8.72. The molecule has 2 aromatic rings. The fraction of sp³-hybridized carbons (Fsp3) is 0.750. The second-order valence-corrected chi connectivity index (χ2v) is 6.81. The molecule has 0 bridgehead atoms. The van der Waals surface area contributed by atoms with Crippen LogP contribution in [-0.4, -0.2) is 67.0 Å². The van der Waals surface area contributed by atoms with Crippen molar-refractivity contribution in [1.29, 1.82) is 0 Å². The van der Waals surface area contributed by atoms with Crippen molar-refractivity contribution < 1.29 is 14.0 Å². The normalized spacial score (nSPS) is 21.7. The number of aliphatic hydroxyl groups is 1. The molecule has 1 saturated heterocycles. The highest BCUT2D eigenvalue weighted by atomic mass is 16.5. The molecule has 0 radical (unpaired) electrons. The van der Waals surface area contributed by atoms with E-state index in [0.717, 1.165) is 13.1 Å². The van der Waals surface area contributed by atoms with Gasteiger partial charge in [-0.25, -0.2) is 0 Å². The molecule has 1 N–H and O–H groups in total. The summed E-state index contributed by atoms with van der Waals surface area (Å²) in [7, 11) is 0. The van der Waals surface area contributed by atoms with Gasteiger partial charge in [0, 0.05) is 25.9 Å². The highest BCUT2D eigenvalue weighted by Crippen LogP contribution is 2.20. The molecular formula is C16H26N6O3. The van der Waals surface area contributed by atoms with Crippen molar-refractivity contribution in [3.05, 3.63) is 23.5 Å². The van der Waals surface area contributed by atoms with Gasteiger partial charge in [-0.2, -0.15) is 4.98 Å². The Hall–Kier alpha value is -1.84. The van der Waals surface area contributed by atoms with Crippen LogP contribution in [-0.2, 0) is 13.1 Å². The van der Waals surface area contributed by atoms with Crippen molar-refractivity contribution in [3.63, 3.8) is 0 Å². The molecule has 0 aliphatic carbocycles. The van der Waals surface area contributed by atoms with E-state index in [2.05, 4.69) is 37.1 Å². The SMILES string of the molecule is CCN(Cc1nnc(C)o1)[C@@H]1CN(Cc2noc(C(C)C)n2)C[C@H]1O. The number of aliphatic hydroxyl groups excluding tert-OH is 1. The van der Waals surface area contributed by atoms with Crippen molar-refractivity contribution in [2.24, 2.45) is 0 Å². The molecule has 2 aromatic heterocycles. The smallest absolute Gasteiger partial charge is 0.230 e. The number of β-amino-alcohol motifs (C(OH)–C–C–N with tert-alkyl or cyclic N) is 1. The topological polar surface area (TPSA) is 105 Å². The highest BCUT2D eigenvalue weighted by Gasteiger charge is 2.36. The Labute approximate surface area is 147 Å². The maximum Gasteiger partial charge on any atom is 0.230 e. The van der Waals surface area contributed by atoms with Crippen molar-refractivity contribution in [1.82, 2.24) is 30.1 Å². The van der Waals surface area contributed by atoms with Crippen LogP contribution in [0.3, 0.4) is 0 Å². The first-order valence-electron chi connectivity index (χ1n) is 8.72. The van der Waals surface area contributed by atoms with E-state index in [0.29, 0.717) is 43.1 Å². The molecule has 2 atom stereocenters. The molecule has 3 heterocycles. The van der Waals surface area contributed by atoms with Gasteiger partial charge in [-0.3, -0.25) is 9.80 Å². The van der Waals surface area contributed by atoms with Gasteiger partial charge >= 0.3 is 0 Å². The minimum Gasteiger partial charge on any atom is -0.424 e. The number of aromatic nitrogens is 4. The van der Waals surface area contributed by atoms with Gasteiger partial charge in [0.1, 0.15) is 0 Å². The standard InChI is InChI=1S/C16H26N6O3/c1-5-22(9-15-19-18-11(4)24-15)12-6-21(7-13(12)23)8-14-17-16(10(2)3)25-20-14/h10,12-13,23H,5-9H2,1-4H3/t12-,13-/m1/s1. The Kier molecular flexibility index (Phi) is 5.45. The van der Waals surface area contributed by atoms with Gasteiger partial charge < -0.3 is 14.0 Å². The predicted molar refractivity (Wildman–Crippen MR) is 88.6 cm³/mol.